The molecule has 0 atom stereocenters. The fourth-order valence-corrected chi connectivity index (χ4v) is 2.79. The molecule has 3 heteroatoms. The Balaban J connectivity index is 1.84. The van der Waals surface area contributed by atoms with E-state index < -0.39 is 0 Å². The Hall–Kier alpha value is -3.04. The van der Waals surface area contributed by atoms with E-state index >= 15 is 0 Å². The summed E-state index contributed by atoms with van der Waals surface area (Å²) < 4.78 is 12.0. The average molecular weight is 360 g/mol. The fourth-order valence-electron chi connectivity index (χ4n) is 2.79. The van der Waals surface area contributed by atoms with E-state index in [0.29, 0.717) is 24.7 Å². The smallest absolute Gasteiger partial charge is 0.130 e. The lowest BCUT2D eigenvalue weighted by Gasteiger charge is -2.17. The molecule has 0 spiro atoms. The summed E-state index contributed by atoms with van der Waals surface area (Å²) in [5, 5.41) is 9.77. The molecule has 0 aliphatic carbocycles. The summed E-state index contributed by atoms with van der Waals surface area (Å²) in [6.07, 6.45) is 0. The Morgan fingerprint density at radius 3 is 1.81 bits per heavy atom. The van der Waals surface area contributed by atoms with Crippen molar-refractivity contribution >= 4 is 5.57 Å². The average Bonchev–Trinajstić information content (AvgIpc) is 2.71. The summed E-state index contributed by atoms with van der Waals surface area (Å²) in [6, 6.07) is 23.7. The van der Waals surface area contributed by atoms with Gasteiger partial charge in [-0.2, -0.15) is 0 Å². The van der Waals surface area contributed by atoms with Crippen LogP contribution < -0.4 is 9.47 Å². The molecule has 0 radical (unpaired) electrons. The van der Waals surface area contributed by atoms with Crippen molar-refractivity contribution in [2.45, 2.75) is 26.7 Å². The third-order valence-corrected chi connectivity index (χ3v) is 4.27. The summed E-state index contributed by atoms with van der Waals surface area (Å²) in [6.45, 7) is 6.74. The van der Waals surface area contributed by atoms with Crippen molar-refractivity contribution in [3.8, 4) is 11.5 Å². The van der Waals surface area contributed by atoms with Crippen LogP contribution in [-0.4, -0.2) is 5.11 Å². The number of allylic oxidation sites excluding steroid dienone is 1. The Labute approximate surface area is 160 Å². The van der Waals surface area contributed by atoms with Gasteiger partial charge in [0.2, 0.25) is 0 Å². The molecule has 0 aliphatic rings. The molecule has 0 saturated heterocycles. The van der Waals surface area contributed by atoms with Crippen LogP contribution in [0.5, 0.6) is 11.5 Å². The van der Waals surface area contributed by atoms with Crippen molar-refractivity contribution < 1.29 is 14.6 Å². The van der Waals surface area contributed by atoms with E-state index in [-0.39, 0.29) is 6.61 Å². The normalized spacial score (nSPS) is 10.4. The van der Waals surface area contributed by atoms with E-state index in [9.17, 15) is 5.11 Å². The van der Waals surface area contributed by atoms with E-state index in [1.54, 1.807) is 0 Å². The second kappa shape index (κ2) is 9.06. The van der Waals surface area contributed by atoms with Gasteiger partial charge in [0.15, 0.2) is 0 Å². The third-order valence-electron chi connectivity index (χ3n) is 4.27. The molecular formula is C24H24O3. The van der Waals surface area contributed by atoms with Crippen LogP contribution in [0.4, 0.5) is 0 Å². The molecule has 3 nitrogen and oxygen atoms in total. The molecular weight excluding hydrogens is 336 g/mol. The highest BCUT2D eigenvalue weighted by molar-refractivity contribution is 5.69. The first kappa shape index (κ1) is 18.7. The van der Waals surface area contributed by atoms with Crippen LogP contribution in [0.1, 0.15) is 29.2 Å². The molecule has 0 heterocycles. The second-order valence-electron chi connectivity index (χ2n) is 6.44. The van der Waals surface area contributed by atoms with E-state index in [2.05, 4.69) is 6.58 Å². The van der Waals surface area contributed by atoms with Crippen LogP contribution in [-0.2, 0) is 19.8 Å². The summed E-state index contributed by atoms with van der Waals surface area (Å²) >= 11 is 0. The Kier molecular flexibility index (Phi) is 6.29. The van der Waals surface area contributed by atoms with Crippen molar-refractivity contribution in [3.05, 3.63) is 102 Å². The Morgan fingerprint density at radius 1 is 0.815 bits per heavy atom. The minimum absolute atomic E-state index is 0.108. The minimum Gasteiger partial charge on any atom is -0.488 e. The van der Waals surface area contributed by atoms with Crippen LogP contribution in [0.15, 0.2) is 79.4 Å². The summed E-state index contributed by atoms with van der Waals surface area (Å²) in [5.41, 5.74) is 4.63. The first-order valence-electron chi connectivity index (χ1n) is 8.94. The van der Waals surface area contributed by atoms with Gasteiger partial charge in [0.05, 0.1) is 6.61 Å². The lowest BCUT2D eigenvalue weighted by atomic mass is 10.0. The first-order valence-corrected chi connectivity index (χ1v) is 8.94. The van der Waals surface area contributed by atoms with E-state index in [0.717, 1.165) is 27.8 Å². The van der Waals surface area contributed by atoms with Crippen molar-refractivity contribution in [2.24, 2.45) is 0 Å². The Bertz CT molecular complexity index is 886. The number of hydrogen-bond donors (Lipinski definition) is 1. The second-order valence-corrected chi connectivity index (χ2v) is 6.44. The SMILES string of the molecule is C=C(C)c1cc(CO)c(OCc2ccccc2)cc1OCc1ccccc1. The molecule has 1 N–H and O–H groups in total. The van der Waals surface area contributed by atoms with Crippen molar-refractivity contribution in [1.82, 2.24) is 0 Å². The molecule has 138 valence electrons. The molecule has 3 rings (SSSR count). The molecule has 0 amide bonds. The number of hydrogen-bond acceptors (Lipinski definition) is 3. The van der Waals surface area contributed by atoms with Gasteiger partial charge in [-0.15, -0.1) is 0 Å². The molecule has 0 bridgehead atoms. The molecule has 27 heavy (non-hydrogen) atoms. The maximum Gasteiger partial charge on any atom is 0.130 e. The van der Waals surface area contributed by atoms with Gasteiger partial charge in [-0.3, -0.25) is 0 Å². The molecule has 0 unspecified atom stereocenters. The predicted molar refractivity (Wildman–Crippen MR) is 109 cm³/mol. The zero-order chi connectivity index (χ0) is 19.1. The van der Waals surface area contributed by atoms with Crippen molar-refractivity contribution in [2.75, 3.05) is 0 Å². The zero-order valence-corrected chi connectivity index (χ0v) is 15.5. The van der Waals surface area contributed by atoms with Gasteiger partial charge in [-0.25, -0.2) is 0 Å². The summed E-state index contributed by atoms with van der Waals surface area (Å²) in [7, 11) is 0. The highest BCUT2D eigenvalue weighted by Gasteiger charge is 2.13. The van der Waals surface area contributed by atoms with Gasteiger partial charge in [0, 0.05) is 17.2 Å². The molecule has 0 aromatic heterocycles. The minimum atomic E-state index is -0.108. The van der Waals surface area contributed by atoms with Gasteiger partial charge >= 0.3 is 0 Å². The zero-order valence-electron chi connectivity index (χ0n) is 15.5. The van der Waals surface area contributed by atoms with Gasteiger partial charge < -0.3 is 14.6 Å². The van der Waals surface area contributed by atoms with Gasteiger partial charge in [-0.05, 0) is 29.7 Å². The van der Waals surface area contributed by atoms with E-state index in [4.69, 9.17) is 9.47 Å². The molecule has 0 saturated carbocycles. The fraction of sp³-hybridized carbons (Fsp3) is 0.167. The van der Waals surface area contributed by atoms with Crippen LogP contribution in [0.3, 0.4) is 0 Å². The van der Waals surface area contributed by atoms with Gasteiger partial charge in [0.1, 0.15) is 24.7 Å². The first-order chi connectivity index (χ1) is 13.2. The van der Waals surface area contributed by atoms with Crippen LogP contribution in [0.25, 0.3) is 5.57 Å². The molecule has 0 aliphatic heterocycles. The van der Waals surface area contributed by atoms with E-state index in [1.807, 2.05) is 79.7 Å². The molecule has 0 fully saturated rings. The van der Waals surface area contributed by atoms with Crippen molar-refractivity contribution in [1.29, 1.82) is 0 Å². The number of aliphatic hydroxyl groups is 1. The summed E-state index contributed by atoms with van der Waals surface area (Å²) in [4.78, 5) is 0. The lowest BCUT2D eigenvalue weighted by Crippen LogP contribution is -2.03. The predicted octanol–water partition coefficient (Wildman–Crippen LogP) is 5.37. The third kappa shape index (κ3) is 4.99. The quantitative estimate of drug-likeness (QED) is 0.587. The maximum absolute atomic E-state index is 9.77. The van der Waals surface area contributed by atoms with E-state index in [1.165, 1.54) is 0 Å². The monoisotopic (exact) mass is 360 g/mol. The largest absolute Gasteiger partial charge is 0.488 e. The number of ether oxygens (including phenoxy) is 2. The van der Waals surface area contributed by atoms with Crippen LogP contribution in [0, 0.1) is 0 Å². The highest BCUT2D eigenvalue weighted by Crippen LogP contribution is 2.34. The lowest BCUT2D eigenvalue weighted by molar-refractivity contribution is 0.255. The molecule has 3 aromatic carbocycles. The molecule has 3 aromatic rings. The maximum atomic E-state index is 9.77. The van der Waals surface area contributed by atoms with Gasteiger partial charge in [0.25, 0.3) is 0 Å². The number of aliphatic hydroxyl groups excluding tert-OH is 1. The van der Waals surface area contributed by atoms with Crippen molar-refractivity contribution in [3.63, 3.8) is 0 Å². The Morgan fingerprint density at radius 2 is 1.33 bits per heavy atom. The topological polar surface area (TPSA) is 38.7 Å². The summed E-state index contributed by atoms with van der Waals surface area (Å²) in [5.74, 6) is 1.32. The standard InChI is InChI=1S/C24H24O3/c1-18(2)22-13-21(15-25)23(26-16-19-9-5-3-6-10-19)14-24(22)27-17-20-11-7-4-8-12-20/h3-14,25H,1,15-17H2,2H3. The van der Waals surface area contributed by atoms with Gasteiger partial charge in [-0.1, -0.05) is 67.2 Å². The van der Waals surface area contributed by atoms with Crippen LogP contribution >= 0.6 is 0 Å². The number of benzene rings is 3. The number of rotatable bonds is 8. The van der Waals surface area contributed by atoms with Crippen LogP contribution in [0.2, 0.25) is 0 Å². The highest BCUT2D eigenvalue weighted by atomic mass is 16.5.